The van der Waals surface area contributed by atoms with Crippen LogP contribution in [0.1, 0.15) is 34.9 Å². The maximum atomic E-state index is 12.6. The van der Waals surface area contributed by atoms with Gasteiger partial charge in [0.25, 0.3) is 11.5 Å². The van der Waals surface area contributed by atoms with Crippen LogP contribution in [0.25, 0.3) is 0 Å². The number of amides is 1. The van der Waals surface area contributed by atoms with Gasteiger partial charge in [-0.2, -0.15) is 5.10 Å². The Morgan fingerprint density at radius 1 is 1.25 bits per heavy atom. The van der Waals surface area contributed by atoms with E-state index in [9.17, 15) is 9.59 Å². The molecule has 1 fully saturated rings. The van der Waals surface area contributed by atoms with Crippen molar-refractivity contribution in [1.29, 1.82) is 0 Å². The molecule has 1 aromatic heterocycles. The van der Waals surface area contributed by atoms with Gasteiger partial charge >= 0.3 is 0 Å². The van der Waals surface area contributed by atoms with Gasteiger partial charge in [-0.15, -0.1) is 0 Å². The summed E-state index contributed by atoms with van der Waals surface area (Å²) >= 11 is 6.41. The number of methoxy groups -OCH3 is 1. The van der Waals surface area contributed by atoms with Gasteiger partial charge in [-0.1, -0.05) is 29.8 Å². The van der Waals surface area contributed by atoms with Crippen LogP contribution in [0.2, 0.25) is 5.02 Å². The van der Waals surface area contributed by atoms with Crippen molar-refractivity contribution in [3.05, 3.63) is 63.0 Å². The van der Waals surface area contributed by atoms with Gasteiger partial charge < -0.3 is 10.1 Å². The van der Waals surface area contributed by atoms with Gasteiger partial charge in [-0.05, 0) is 43.6 Å². The molecule has 8 heteroatoms. The molecule has 1 aromatic carbocycles. The molecule has 1 unspecified atom stereocenters. The lowest BCUT2D eigenvalue weighted by Gasteiger charge is -2.28. The second-order valence-electron chi connectivity index (χ2n) is 6.76. The molecule has 1 atom stereocenters. The van der Waals surface area contributed by atoms with Gasteiger partial charge in [0.15, 0.2) is 0 Å². The van der Waals surface area contributed by atoms with Crippen molar-refractivity contribution in [1.82, 2.24) is 20.0 Å². The van der Waals surface area contributed by atoms with Crippen LogP contribution >= 0.6 is 11.6 Å². The average molecular weight is 405 g/mol. The third kappa shape index (κ3) is 4.98. The molecule has 1 aliphatic heterocycles. The van der Waals surface area contributed by atoms with E-state index < -0.39 is 0 Å². The fourth-order valence-corrected chi connectivity index (χ4v) is 3.68. The number of aromatic nitrogens is 2. The van der Waals surface area contributed by atoms with Crippen LogP contribution in [-0.4, -0.2) is 53.9 Å². The fourth-order valence-electron chi connectivity index (χ4n) is 3.42. The molecule has 0 bridgehead atoms. The third-order valence-corrected chi connectivity index (χ3v) is 5.25. The molecular weight excluding hydrogens is 380 g/mol. The fraction of sp³-hybridized carbons (Fsp3) is 0.450. The summed E-state index contributed by atoms with van der Waals surface area (Å²) in [5.74, 6) is -0.317. The minimum absolute atomic E-state index is 0.000420. The van der Waals surface area contributed by atoms with Crippen molar-refractivity contribution in [2.75, 3.05) is 33.4 Å². The molecule has 3 rings (SSSR count). The van der Waals surface area contributed by atoms with Crippen LogP contribution in [0.4, 0.5) is 0 Å². The lowest BCUT2D eigenvalue weighted by molar-refractivity contribution is 0.0929. The number of benzene rings is 1. The molecule has 1 aliphatic rings. The summed E-state index contributed by atoms with van der Waals surface area (Å²) < 4.78 is 6.22. The number of hydrogen-bond acceptors (Lipinski definition) is 5. The zero-order valence-corrected chi connectivity index (χ0v) is 16.7. The number of halogens is 1. The van der Waals surface area contributed by atoms with E-state index in [1.165, 1.54) is 16.8 Å². The molecule has 1 N–H and O–H groups in total. The molecule has 28 heavy (non-hydrogen) atoms. The van der Waals surface area contributed by atoms with Crippen molar-refractivity contribution in [2.24, 2.45) is 0 Å². The number of likely N-dealkylation sites (tertiary alicyclic amines) is 1. The van der Waals surface area contributed by atoms with Crippen LogP contribution in [-0.2, 0) is 11.3 Å². The molecule has 1 amide bonds. The van der Waals surface area contributed by atoms with E-state index in [-0.39, 0.29) is 23.2 Å². The zero-order valence-electron chi connectivity index (χ0n) is 15.9. The quantitative estimate of drug-likeness (QED) is 0.729. The van der Waals surface area contributed by atoms with E-state index in [4.69, 9.17) is 16.3 Å². The van der Waals surface area contributed by atoms with E-state index in [0.29, 0.717) is 24.7 Å². The lowest BCUT2D eigenvalue weighted by atomic mass is 10.1. The van der Waals surface area contributed by atoms with E-state index >= 15 is 0 Å². The van der Waals surface area contributed by atoms with Crippen LogP contribution in [0.15, 0.2) is 41.2 Å². The monoisotopic (exact) mass is 404 g/mol. The number of nitrogens with one attached hydrogen (secondary N) is 1. The van der Waals surface area contributed by atoms with E-state index in [2.05, 4.69) is 15.3 Å². The minimum atomic E-state index is -0.317. The highest BCUT2D eigenvalue weighted by Gasteiger charge is 2.25. The number of carbonyl (C=O) groups excluding carboxylic acids is 1. The second-order valence-corrected chi connectivity index (χ2v) is 7.17. The molecule has 7 nitrogen and oxygen atoms in total. The SMILES string of the molecule is COCCn1nc(C(=O)NCC(c2ccccc2Cl)N2CCCC2)ccc1=O. The second kappa shape index (κ2) is 9.82. The predicted molar refractivity (Wildman–Crippen MR) is 108 cm³/mol. The first-order valence-electron chi connectivity index (χ1n) is 9.44. The highest BCUT2D eigenvalue weighted by Crippen LogP contribution is 2.29. The minimum Gasteiger partial charge on any atom is -0.383 e. The maximum Gasteiger partial charge on any atom is 0.271 e. The summed E-state index contributed by atoms with van der Waals surface area (Å²) in [6.45, 7) is 3.02. The van der Waals surface area contributed by atoms with Crippen molar-refractivity contribution < 1.29 is 9.53 Å². The first-order valence-corrected chi connectivity index (χ1v) is 9.81. The molecule has 1 saturated heterocycles. The highest BCUT2D eigenvalue weighted by molar-refractivity contribution is 6.31. The summed E-state index contributed by atoms with van der Waals surface area (Å²) in [5, 5.41) is 7.80. The van der Waals surface area contributed by atoms with Gasteiger partial charge in [-0.25, -0.2) is 4.68 Å². The average Bonchev–Trinajstić information content (AvgIpc) is 3.23. The van der Waals surface area contributed by atoms with Gasteiger partial charge in [0.05, 0.1) is 19.2 Å². The molecule has 0 spiro atoms. The molecule has 0 aliphatic carbocycles. The van der Waals surface area contributed by atoms with Crippen LogP contribution in [0, 0.1) is 0 Å². The Kier molecular flexibility index (Phi) is 7.19. The summed E-state index contributed by atoms with van der Waals surface area (Å²) in [7, 11) is 1.55. The highest BCUT2D eigenvalue weighted by atomic mass is 35.5. The normalized spacial score (nSPS) is 15.5. The third-order valence-electron chi connectivity index (χ3n) is 4.91. The van der Waals surface area contributed by atoms with Crippen molar-refractivity contribution in [3.8, 4) is 0 Å². The molecule has 2 heterocycles. The largest absolute Gasteiger partial charge is 0.383 e. The van der Waals surface area contributed by atoms with Crippen LogP contribution < -0.4 is 10.9 Å². The molecule has 2 aromatic rings. The van der Waals surface area contributed by atoms with E-state index in [1.54, 1.807) is 7.11 Å². The molecular formula is C20H25ClN4O3. The van der Waals surface area contributed by atoms with Crippen molar-refractivity contribution in [3.63, 3.8) is 0 Å². The van der Waals surface area contributed by atoms with Crippen LogP contribution in [0.3, 0.4) is 0 Å². The molecule has 150 valence electrons. The Morgan fingerprint density at radius 2 is 2.00 bits per heavy atom. The zero-order chi connectivity index (χ0) is 19.9. The van der Waals surface area contributed by atoms with Gasteiger partial charge in [0.2, 0.25) is 0 Å². The first kappa shape index (κ1) is 20.5. The van der Waals surface area contributed by atoms with Gasteiger partial charge in [-0.3, -0.25) is 14.5 Å². The Hall–Kier alpha value is -2.22. The predicted octanol–water partition coefficient (Wildman–Crippen LogP) is 2.11. The molecule has 0 saturated carbocycles. The first-order chi connectivity index (χ1) is 13.6. The number of hydrogen-bond donors (Lipinski definition) is 1. The summed E-state index contributed by atoms with van der Waals surface area (Å²) in [6.07, 6.45) is 2.28. The summed E-state index contributed by atoms with van der Waals surface area (Å²) in [6, 6.07) is 10.5. The number of nitrogens with zero attached hydrogens (tertiary/aromatic N) is 3. The van der Waals surface area contributed by atoms with Crippen molar-refractivity contribution >= 4 is 17.5 Å². The Balaban J connectivity index is 1.73. The van der Waals surface area contributed by atoms with Gasteiger partial charge in [0, 0.05) is 24.7 Å². The standard InChI is InChI=1S/C20H25ClN4O3/c1-28-13-12-25-19(26)9-8-17(23-25)20(27)22-14-18(24-10-4-5-11-24)15-6-2-3-7-16(15)21/h2-3,6-9,18H,4-5,10-14H2,1H3,(H,22,27). The van der Waals surface area contributed by atoms with Crippen LogP contribution in [0.5, 0.6) is 0 Å². The van der Waals surface area contributed by atoms with Crippen molar-refractivity contribution in [2.45, 2.75) is 25.4 Å². The number of rotatable bonds is 8. The number of carbonyl (C=O) groups is 1. The smallest absolute Gasteiger partial charge is 0.271 e. The van der Waals surface area contributed by atoms with E-state index in [0.717, 1.165) is 31.5 Å². The maximum absolute atomic E-state index is 12.6. The van der Waals surface area contributed by atoms with E-state index in [1.807, 2.05) is 24.3 Å². The Morgan fingerprint density at radius 3 is 2.71 bits per heavy atom. The summed E-state index contributed by atoms with van der Waals surface area (Å²) in [5.41, 5.74) is 0.944. The summed E-state index contributed by atoms with van der Waals surface area (Å²) in [4.78, 5) is 26.8. The molecule has 0 radical (unpaired) electrons. The Labute approximate surface area is 169 Å². The number of ether oxygens (including phenoxy) is 1. The van der Waals surface area contributed by atoms with Gasteiger partial charge in [0.1, 0.15) is 5.69 Å². The Bertz CT molecular complexity index is 865. The lowest BCUT2D eigenvalue weighted by Crippen LogP contribution is -2.38. The topological polar surface area (TPSA) is 76.5 Å².